The molecule has 0 bridgehead atoms. The molecule has 0 aliphatic carbocycles. The van der Waals surface area contributed by atoms with Crippen molar-refractivity contribution < 1.29 is 14.5 Å². The molecule has 1 aliphatic rings. The molecular formula is C20H23N3O4. The Morgan fingerprint density at radius 3 is 2.67 bits per heavy atom. The summed E-state index contributed by atoms with van der Waals surface area (Å²) in [5.74, 6) is -0.292. The van der Waals surface area contributed by atoms with E-state index in [2.05, 4.69) is 17.1 Å². The van der Waals surface area contributed by atoms with Gasteiger partial charge < -0.3 is 15.0 Å². The minimum absolute atomic E-state index is 0.0760. The van der Waals surface area contributed by atoms with Gasteiger partial charge in [-0.25, -0.2) is 0 Å². The molecule has 7 nitrogen and oxygen atoms in total. The molecule has 0 spiro atoms. The zero-order chi connectivity index (χ0) is 19.2. The molecule has 0 saturated carbocycles. The van der Waals surface area contributed by atoms with E-state index < -0.39 is 4.92 Å². The Hall–Kier alpha value is -3.09. The van der Waals surface area contributed by atoms with E-state index in [4.69, 9.17) is 4.74 Å². The number of ether oxygens (including phenoxy) is 1. The predicted octanol–water partition coefficient (Wildman–Crippen LogP) is 3.99. The van der Waals surface area contributed by atoms with Crippen LogP contribution in [0.4, 0.5) is 17.1 Å². The Kier molecular flexibility index (Phi) is 5.90. The second-order valence-corrected chi connectivity index (χ2v) is 6.65. The highest BCUT2D eigenvalue weighted by atomic mass is 16.6. The van der Waals surface area contributed by atoms with Crippen molar-refractivity contribution in [1.29, 1.82) is 0 Å². The van der Waals surface area contributed by atoms with Crippen LogP contribution in [0.3, 0.4) is 0 Å². The number of nitro benzene ring substituents is 1. The van der Waals surface area contributed by atoms with Crippen LogP contribution in [0.15, 0.2) is 48.5 Å². The maximum Gasteiger partial charge on any atom is 0.310 e. The van der Waals surface area contributed by atoms with E-state index in [9.17, 15) is 14.9 Å². The molecule has 1 N–H and O–H groups in total. The van der Waals surface area contributed by atoms with Crippen molar-refractivity contribution in [3.05, 3.63) is 58.6 Å². The number of para-hydroxylation sites is 2. The third kappa shape index (κ3) is 4.75. The lowest BCUT2D eigenvalue weighted by molar-refractivity contribution is -0.385. The Morgan fingerprint density at radius 1 is 1.22 bits per heavy atom. The Labute approximate surface area is 158 Å². The van der Waals surface area contributed by atoms with Crippen LogP contribution in [0.1, 0.15) is 26.2 Å². The largest absolute Gasteiger partial charge is 0.477 e. The number of piperidine rings is 1. The molecule has 1 aliphatic heterocycles. The lowest BCUT2D eigenvalue weighted by atomic mass is 10.0. The molecule has 1 saturated heterocycles. The van der Waals surface area contributed by atoms with Crippen molar-refractivity contribution in [2.24, 2.45) is 0 Å². The predicted molar refractivity (Wildman–Crippen MR) is 104 cm³/mol. The first kappa shape index (κ1) is 18.7. The number of anilines is 2. The van der Waals surface area contributed by atoms with Crippen LogP contribution in [-0.4, -0.2) is 30.0 Å². The molecule has 0 unspecified atom stereocenters. The average Bonchev–Trinajstić information content (AvgIpc) is 2.68. The highest BCUT2D eigenvalue weighted by molar-refractivity contribution is 5.92. The number of hydrogen-bond donors (Lipinski definition) is 1. The second kappa shape index (κ2) is 8.53. The van der Waals surface area contributed by atoms with Crippen molar-refractivity contribution in [3.63, 3.8) is 0 Å². The molecule has 1 atom stereocenters. The molecule has 3 rings (SSSR count). The Bertz CT molecular complexity index is 807. The van der Waals surface area contributed by atoms with Gasteiger partial charge in [0, 0.05) is 30.0 Å². The minimum atomic E-state index is -0.534. The van der Waals surface area contributed by atoms with Crippen molar-refractivity contribution in [2.45, 2.75) is 32.2 Å². The summed E-state index contributed by atoms with van der Waals surface area (Å²) in [6, 6.07) is 14.2. The van der Waals surface area contributed by atoms with Crippen LogP contribution in [0.2, 0.25) is 0 Å². The number of hydrogen-bond acceptors (Lipinski definition) is 5. The maximum atomic E-state index is 12.1. The van der Waals surface area contributed by atoms with Gasteiger partial charge in [0.25, 0.3) is 5.91 Å². The van der Waals surface area contributed by atoms with Gasteiger partial charge in [0.15, 0.2) is 12.4 Å². The summed E-state index contributed by atoms with van der Waals surface area (Å²) in [4.78, 5) is 24.9. The zero-order valence-corrected chi connectivity index (χ0v) is 15.3. The van der Waals surface area contributed by atoms with E-state index in [-0.39, 0.29) is 24.0 Å². The lowest BCUT2D eigenvalue weighted by Crippen LogP contribution is -2.37. The molecule has 142 valence electrons. The van der Waals surface area contributed by atoms with Crippen molar-refractivity contribution in [2.75, 3.05) is 23.4 Å². The third-order valence-electron chi connectivity index (χ3n) is 4.71. The normalized spacial score (nSPS) is 16.6. The Balaban J connectivity index is 1.56. The topological polar surface area (TPSA) is 84.7 Å². The van der Waals surface area contributed by atoms with Gasteiger partial charge in [0.05, 0.1) is 4.92 Å². The Morgan fingerprint density at radius 2 is 1.96 bits per heavy atom. The fraction of sp³-hybridized carbons (Fsp3) is 0.350. The summed E-state index contributed by atoms with van der Waals surface area (Å²) in [6.45, 7) is 2.99. The lowest BCUT2D eigenvalue weighted by Gasteiger charge is -2.35. The van der Waals surface area contributed by atoms with Gasteiger partial charge in [-0.2, -0.15) is 0 Å². The number of carbonyl (C=O) groups excluding carboxylic acids is 1. The fourth-order valence-corrected chi connectivity index (χ4v) is 3.29. The van der Waals surface area contributed by atoms with Gasteiger partial charge in [0.2, 0.25) is 0 Å². The average molecular weight is 369 g/mol. The molecule has 1 fully saturated rings. The van der Waals surface area contributed by atoms with Gasteiger partial charge in [-0.3, -0.25) is 14.9 Å². The van der Waals surface area contributed by atoms with E-state index in [1.165, 1.54) is 31.4 Å². The molecule has 0 radical (unpaired) electrons. The van der Waals surface area contributed by atoms with E-state index in [1.54, 1.807) is 12.1 Å². The van der Waals surface area contributed by atoms with E-state index in [0.717, 1.165) is 12.2 Å². The smallest absolute Gasteiger partial charge is 0.310 e. The van der Waals surface area contributed by atoms with Crippen LogP contribution in [0.5, 0.6) is 5.75 Å². The van der Waals surface area contributed by atoms with Gasteiger partial charge in [0.1, 0.15) is 0 Å². The molecule has 7 heteroatoms. The van der Waals surface area contributed by atoms with Gasteiger partial charge >= 0.3 is 5.69 Å². The standard InChI is InChI=1S/C20H23N3O4/c1-15-6-4-5-13-22(15)17-11-9-16(10-12-17)21-20(24)14-27-19-8-3-2-7-18(19)23(25)26/h2-3,7-12,15H,4-6,13-14H2,1H3,(H,21,24)/t15-/m1/s1. The van der Waals surface area contributed by atoms with E-state index in [1.807, 2.05) is 24.3 Å². The van der Waals surface area contributed by atoms with Crippen molar-refractivity contribution in [1.82, 2.24) is 0 Å². The van der Waals surface area contributed by atoms with Crippen LogP contribution in [0.25, 0.3) is 0 Å². The first-order chi connectivity index (χ1) is 13.0. The minimum Gasteiger partial charge on any atom is -0.477 e. The number of amides is 1. The highest BCUT2D eigenvalue weighted by Crippen LogP contribution is 2.27. The summed E-state index contributed by atoms with van der Waals surface area (Å²) in [5, 5.41) is 13.7. The van der Waals surface area contributed by atoms with E-state index >= 15 is 0 Å². The highest BCUT2D eigenvalue weighted by Gasteiger charge is 2.18. The van der Waals surface area contributed by atoms with Crippen LogP contribution >= 0.6 is 0 Å². The third-order valence-corrected chi connectivity index (χ3v) is 4.71. The van der Waals surface area contributed by atoms with Gasteiger partial charge in [-0.15, -0.1) is 0 Å². The second-order valence-electron chi connectivity index (χ2n) is 6.65. The molecule has 2 aromatic rings. The monoisotopic (exact) mass is 369 g/mol. The van der Waals surface area contributed by atoms with Crippen LogP contribution < -0.4 is 15.0 Å². The first-order valence-electron chi connectivity index (χ1n) is 9.07. The van der Waals surface area contributed by atoms with Gasteiger partial charge in [-0.1, -0.05) is 12.1 Å². The number of rotatable bonds is 6. The summed E-state index contributed by atoms with van der Waals surface area (Å²) >= 11 is 0. The number of nitrogens with zero attached hydrogens (tertiary/aromatic N) is 2. The summed E-state index contributed by atoms with van der Waals surface area (Å²) < 4.78 is 5.30. The van der Waals surface area contributed by atoms with Crippen LogP contribution in [0, 0.1) is 10.1 Å². The molecule has 27 heavy (non-hydrogen) atoms. The maximum absolute atomic E-state index is 12.1. The van der Waals surface area contributed by atoms with Crippen molar-refractivity contribution in [3.8, 4) is 5.75 Å². The van der Waals surface area contributed by atoms with Crippen molar-refractivity contribution >= 4 is 23.0 Å². The van der Waals surface area contributed by atoms with Gasteiger partial charge in [-0.05, 0) is 56.5 Å². The number of carbonyl (C=O) groups is 1. The number of benzene rings is 2. The quantitative estimate of drug-likeness (QED) is 0.615. The fourth-order valence-electron chi connectivity index (χ4n) is 3.29. The molecule has 0 aromatic heterocycles. The van der Waals surface area contributed by atoms with Crippen LogP contribution in [-0.2, 0) is 4.79 Å². The number of nitrogens with one attached hydrogen (secondary N) is 1. The summed E-state index contributed by atoms with van der Waals surface area (Å²) in [5.41, 5.74) is 1.65. The summed E-state index contributed by atoms with van der Waals surface area (Å²) in [7, 11) is 0. The van der Waals surface area contributed by atoms with E-state index in [0.29, 0.717) is 11.7 Å². The molecule has 1 amide bonds. The SMILES string of the molecule is C[C@@H]1CCCCN1c1ccc(NC(=O)COc2ccccc2[N+](=O)[O-])cc1. The molecule has 2 aromatic carbocycles. The molecular weight excluding hydrogens is 346 g/mol. The summed E-state index contributed by atoms with van der Waals surface area (Å²) in [6.07, 6.45) is 3.67. The number of nitro groups is 1. The molecule has 1 heterocycles. The zero-order valence-electron chi connectivity index (χ0n) is 15.3. The first-order valence-corrected chi connectivity index (χ1v) is 9.07.